The molecule has 3 aromatic carbocycles. The Morgan fingerprint density at radius 2 is 1.68 bits per heavy atom. The fourth-order valence-corrected chi connectivity index (χ4v) is 3.74. The number of anilines is 1. The Labute approximate surface area is 157 Å². The van der Waals surface area contributed by atoms with E-state index in [0.29, 0.717) is 16.6 Å². The average Bonchev–Trinajstić information content (AvgIpc) is 2.95. The number of nitrogens with one attached hydrogen (secondary N) is 1. The van der Waals surface area contributed by atoms with Crippen molar-refractivity contribution in [3.63, 3.8) is 0 Å². The summed E-state index contributed by atoms with van der Waals surface area (Å²) in [5.41, 5.74) is 4.61. The fraction of sp³-hybridized carbons (Fsp3) is 0.143. The quantitative estimate of drug-likeness (QED) is 0.422. The number of rotatable bonds is 4. The van der Waals surface area contributed by atoms with Crippen molar-refractivity contribution in [3.05, 3.63) is 76.3 Å². The highest BCUT2D eigenvalue weighted by atomic mass is 35.5. The Hall–Kier alpha value is -2.16. The third kappa shape index (κ3) is 2.97. The molecule has 0 amide bonds. The van der Waals surface area contributed by atoms with Gasteiger partial charge in [-0.3, -0.25) is 0 Å². The first-order valence-corrected chi connectivity index (χ1v) is 9.11. The summed E-state index contributed by atoms with van der Waals surface area (Å²) in [6.07, 6.45) is 0. The molecular formula is C21H18Cl2N2. The van der Waals surface area contributed by atoms with Gasteiger partial charge in [-0.05, 0) is 48.9 Å². The van der Waals surface area contributed by atoms with Crippen LogP contribution in [0.5, 0.6) is 0 Å². The maximum atomic E-state index is 6.23. The molecule has 0 saturated carbocycles. The standard InChI is InChI=1S/C21H18Cl2N2/c1-2-25-20-6-4-3-5-16(20)17-11-14(7-10-21(17)25)13-24-19-12-15(22)8-9-18(19)23/h3-12,24H,2,13H2,1H3. The predicted octanol–water partition coefficient (Wildman–Crippen LogP) is 6.73. The van der Waals surface area contributed by atoms with Crippen molar-refractivity contribution < 1.29 is 0 Å². The summed E-state index contributed by atoms with van der Waals surface area (Å²) >= 11 is 12.3. The number of benzene rings is 3. The van der Waals surface area contributed by atoms with Crippen LogP contribution in [-0.4, -0.2) is 4.57 Å². The number of aryl methyl sites for hydroxylation is 1. The Kier molecular flexibility index (Phi) is 4.32. The summed E-state index contributed by atoms with van der Waals surface area (Å²) < 4.78 is 2.36. The van der Waals surface area contributed by atoms with Gasteiger partial charge in [-0.1, -0.05) is 47.5 Å². The van der Waals surface area contributed by atoms with Crippen molar-refractivity contribution in [2.75, 3.05) is 5.32 Å². The van der Waals surface area contributed by atoms with Crippen molar-refractivity contribution >= 4 is 50.7 Å². The molecule has 1 heterocycles. The minimum absolute atomic E-state index is 0.674. The number of hydrogen-bond donors (Lipinski definition) is 1. The predicted molar refractivity (Wildman–Crippen MR) is 109 cm³/mol. The second-order valence-corrected chi connectivity index (χ2v) is 6.93. The molecule has 1 N–H and O–H groups in total. The second-order valence-electron chi connectivity index (χ2n) is 6.09. The van der Waals surface area contributed by atoms with Gasteiger partial charge in [0.05, 0.1) is 10.7 Å². The number of hydrogen-bond acceptors (Lipinski definition) is 1. The van der Waals surface area contributed by atoms with Gasteiger partial charge >= 0.3 is 0 Å². The van der Waals surface area contributed by atoms with Crippen LogP contribution in [-0.2, 0) is 13.1 Å². The largest absolute Gasteiger partial charge is 0.380 e. The van der Waals surface area contributed by atoms with Crippen LogP contribution in [0.2, 0.25) is 10.0 Å². The van der Waals surface area contributed by atoms with E-state index in [1.807, 2.05) is 12.1 Å². The molecular weight excluding hydrogens is 351 g/mol. The first-order valence-electron chi connectivity index (χ1n) is 8.36. The van der Waals surface area contributed by atoms with Gasteiger partial charge in [0.15, 0.2) is 0 Å². The van der Waals surface area contributed by atoms with Crippen molar-refractivity contribution in [2.45, 2.75) is 20.0 Å². The molecule has 0 unspecified atom stereocenters. The number of halogens is 2. The molecule has 0 atom stereocenters. The van der Waals surface area contributed by atoms with Crippen LogP contribution >= 0.6 is 23.2 Å². The molecule has 2 nitrogen and oxygen atoms in total. The zero-order chi connectivity index (χ0) is 17.4. The normalized spacial score (nSPS) is 11.3. The van der Waals surface area contributed by atoms with Crippen molar-refractivity contribution in [2.24, 2.45) is 0 Å². The fourth-order valence-electron chi connectivity index (χ4n) is 3.38. The van der Waals surface area contributed by atoms with Crippen LogP contribution in [0.15, 0.2) is 60.7 Å². The molecule has 0 bridgehead atoms. The highest BCUT2D eigenvalue weighted by molar-refractivity contribution is 6.35. The van der Waals surface area contributed by atoms with E-state index in [0.717, 1.165) is 12.2 Å². The molecule has 0 radical (unpaired) electrons. The number of aromatic nitrogens is 1. The molecule has 4 heteroatoms. The Morgan fingerprint density at radius 3 is 2.52 bits per heavy atom. The SMILES string of the molecule is CCn1c2ccccc2c2cc(CNc3cc(Cl)ccc3Cl)ccc21. The Morgan fingerprint density at radius 1 is 0.880 bits per heavy atom. The first kappa shape index (κ1) is 16.3. The molecule has 0 aliphatic rings. The van der Waals surface area contributed by atoms with Crippen LogP contribution < -0.4 is 5.32 Å². The lowest BCUT2D eigenvalue weighted by molar-refractivity contribution is 0.827. The Bertz CT molecular complexity index is 1070. The molecule has 1 aromatic heterocycles. The van der Waals surface area contributed by atoms with Gasteiger partial charge in [0.1, 0.15) is 0 Å². The smallest absolute Gasteiger partial charge is 0.0638 e. The van der Waals surface area contributed by atoms with E-state index >= 15 is 0 Å². The van der Waals surface area contributed by atoms with Gasteiger partial charge in [-0.2, -0.15) is 0 Å². The van der Waals surface area contributed by atoms with Crippen LogP contribution in [0.25, 0.3) is 21.8 Å². The molecule has 0 aliphatic carbocycles. The lowest BCUT2D eigenvalue weighted by Crippen LogP contribution is -2.00. The lowest BCUT2D eigenvalue weighted by atomic mass is 10.1. The molecule has 126 valence electrons. The molecule has 0 spiro atoms. The highest BCUT2D eigenvalue weighted by Gasteiger charge is 2.10. The van der Waals surface area contributed by atoms with Gasteiger partial charge in [-0.25, -0.2) is 0 Å². The number of para-hydroxylation sites is 1. The van der Waals surface area contributed by atoms with Crippen LogP contribution in [0.4, 0.5) is 5.69 Å². The van der Waals surface area contributed by atoms with Crippen molar-refractivity contribution in [1.29, 1.82) is 0 Å². The van der Waals surface area contributed by atoms with Crippen LogP contribution in [0, 0.1) is 0 Å². The maximum absolute atomic E-state index is 6.23. The van der Waals surface area contributed by atoms with Crippen molar-refractivity contribution in [1.82, 2.24) is 4.57 Å². The van der Waals surface area contributed by atoms with E-state index in [1.54, 1.807) is 6.07 Å². The minimum Gasteiger partial charge on any atom is -0.380 e. The van der Waals surface area contributed by atoms with E-state index in [1.165, 1.54) is 27.4 Å². The topological polar surface area (TPSA) is 17.0 Å². The lowest BCUT2D eigenvalue weighted by Gasteiger charge is -2.09. The number of nitrogens with zero attached hydrogens (tertiary/aromatic N) is 1. The van der Waals surface area contributed by atoms with Gasteiger partial charge in [0.25, 0.3) is 0 Å². The summed E-state index contributed by atoms with van der Waals surface area (Å²) in [6.45, 7) is 3.84. The highest BCUT2D eigenvalue weighted by Crippen LogP contribution is 2.30. The van der Waals surface area contributed by atoms with Gasteiger partial charge < -0.3 is 9.88 Å². The molecule has 4 rings (SSSR count). The average molecular weight is 369 g/mol. The molecule has 4 aromatic rings. The van der Waals surface area contributed by atoms with E-state index in [9.17, 15) is 0 Å². The van der Waals surface area contributed by atoms with Gasteiger partial charge in [0.2, 0.25) is 0 Å². The van der Waals surface area contributed by atoms with Crippen LogP contribution in [0.3, 0.4) is 0 Å². The Balaban J connectivity index is 1.72. The van der Waals surface area contributed by atoms with E-state index in [2.05, 4.69) is 59.3 Å². The molecule has 0 aliphatic heterocycles. The third-order valence-corrected chi connectivity index (χ3v) is 5.13. The summed E-state index contributed by atoms with van der Waals surface area (Å²) in [6, 6.07) is 20.6. The summed E-state index contributed by atoms with van der Waals surface area (Å²) in [7, 11) is 0. The van der Waals surface area contributed by atoms with E-state index in [-0.39, 0.29) is 0 Å². The maximum Gasteiger partial charge on any atom is 0.0638 e. The monoisotopic (exact) mass is 368 g/mol. The van der Waals surface area contributed by atoms with E-state index in [4.69, 9.17) is 23.2 Å². The minimum atomic E-state index is 0.674. The van der Waals surface area contributed by atoms with Crippen molar-refractivity contribution in [3.8, 4) is 0 Å². The van der Waals surface area contributed by atoms with Gasteiger partial charge in [0, 0.05) is 39.9 Å². The summed E-state index contributed by atoms with van der Waals surface area (Å²) in [5, 5.41) is 7.31. The molecule has 25 heavy (non-hydrogen) atoms. The van der Waals surface area contributed by atoms with E-state index < -0.39 is 0 Å². The second kappa shape index (κ2) is 6.62. The first-order chi connectivity index (χ1) is 12.2. The molecule has 0 saturated heterocycles. The summed E-state index contributed by atoms with van der Waals surface area (Å²) in [4.78, 5) is 0. The zero-order valence-corrected chi connectivity index (χ0v) is 15.4. The zero-order valence-electron chi connectivity index (χ0n) is 13.9. The van der Waals surface area contributed by atoms with Crippen LogP contribution in [0.1, 0.15) is 12.5 Å². The number of fused-ring (bicyclic) bond motifs is 3. The summed E-state index contributed by atoms with van der Waals surface area (Å²) in [5.74, 6) is 0. The third-order valence-electron chi connectivity index (χ3n) is 4.56. The molecule has 0 fully saturated rings. The van der Waals surface area contributed by atoms with Gasteiger partial charge in [-0.15, -0.1) is 0 Å².